The van der Waals surface area contributed by atoms with Crippen LogP contribution in [-0.2, 0) is 15.9 Å². The molecule has 0 bridgehead atoms. The Balaban J connectivity index is 1.51. The number of ether oxygens (including phenoxy) is 2. The normalized spacial score (nSPS) is 20.1. The highest BCUT2D eigenvalue weighted by molar-refractivity contribution is 7.15. The average Bonchev–Trinajstić information content (AvgIpc) is 3.19. The highest BCUT2D eigenvalue weighted by Crippen LogP contribution is 2.35. The molecule has 0 unspecified atom stereocenters. The van der Waals surface area contributed by atoms with Crippen LogP contribution in [0.2, 0.25) is 0 Å². The molecular formula is C23H33NO2S. The molecule has 0 aromatic carbocycles. The first kappa shape index (κ1) is 20.5. The number of unbranched alkanes of at least 4 members (excludes halogenated alkanes) is 4. The zero-order chi connectivity index (χ0) is 18.9. The Morgan fingerprint density at radius 1 is 0.963 bits per heavy atom. The van der Waals surface area contributed by atoms with Crippen LogP contribution in [-0.4, -0.2) is 18.2 Å². The monoisotopic (exact) mass is 387 g/mol. The van der Waals surface area contributed by atoms with E-state index in [0.717, 1.165) is 24.5 Å². The lowest BCUT2D eigenvalue weighted by atomic mass is 10.1. The molecular weight excluding hydrogens is 354 g/mol. The third-order valence-corrected chi connectivity index (χ3v) is 6.32. The smallest absolute Gasteiger partial charge is 0.193 e. The Kier molecular flexibility index (Phi) is 8.31. The van der Waals surface area contributed by atoms with E-state index in [-0.39, 0.29) is 6.29 Å². The fourth-order valence-electron chi connectivity index (χ4n) is 3.54. The summed E-state index contributed by atoms with van der Waals surface area (Å²) in [6.07, 6.45) is 11.8. The van der Waals surface area contributed by atoms with Crippen LogP contribution in [0.25, 0.3) is 10.4 Å². The van der Waals surface area contributed by atoms with Gasteiger partial charge in [-0.1, -0.05) is 52.0 Å². The van der Waals surface area contributed by atoms with Crippen LogP contribution in [0.3, 0.4) is 0 Å². The van der Waals surface area contributed by atoms with Crippen LogP contribution in [0.15, 0.2) is 30.5 Å². The molecule has 1 saturated heterocycles. The van der Waals surface area contributed by atoms with Gasteiger partial charge in [0.1, 0.15) is 0 Å². The second kappa shape index (κ2) is 10.9. The molecule has 3 nitrogen and oxygen atoms in total. The second-order valence-corrected chi connectivity index (χ2v) is 8.67. The Morgan fingerprint density at radius 3 is 2.48 bits per heavy atom. The number of thiophene rings is 1. The van der Waals surface area contributed by atoms with Crippen molar-refractivity contribution in [3.05, 3.63) is 41.0 Å². The van der Waals surface area contributed by atoms with Gasteiger partial charge in [-0.25, -0.2) is 0 Å². The third kappa shape index (κ3) is 6.13. The molecule has 1 fully saturated rings. The Bertz CT molecular complexity index is 659. The molecule has 3 heterocycles. The van der Waals surface area contributed by atoms with Crippen LogP contribution >= 0.6 is 11.3 Å². The van der Waals surface area contributed by atoms with E-state index in [4.69, 9.17) is 9.47 Å². The molecule has 0 amide bonds. The van der Waals surface area contributed by atoms with Crippen molar-refractivity contribution in [3.8, 4) is 10.4 Å². The first-order chi connectivity index (χ1) is 13.3. The predicted molar refractivity (Wildman–Crippen MR) is 113 cm³/mol. The van der Waals surface area contributed by atoms with Gasteiger partial charge in [0, 0.05) is 28.2 Å². The molecule has 0 aliphatic carbocycles. The van der Waals surface area contributed by atoms with Gasteiger partial charge in [0.15, 0.2) is 6.29 Å². The van der Waals surface area contributed by atoms with Gasteiger partial charge in [0.2, 0.25) is 0 Å². The van der Waals surface area contributed by atoms with Crippen LogP contribution in [0, 0.1) is 5.92 Å². The standard InChI is InChI=1S/C23H33NO2S/c1-3-5-6-7-8-10-20-12-11-19(15-24-20)21-13-14-22(27-21)23-25-16-18(9-4-2)17-26-23/h11-15,18,23H,3-10,16-17H2,1-2H3. The van der Waals surface area contributed by atoms with Crippen molar-refractivity contribution >= 4 is 11.3 Å². The van der Waals surface area contributed by atoms with Crippen molar-refractivity contribution in [3.63, 3.8) is 0 Å². The van der Waals surface area contributed by atoms with Crippen molar-refractivity contribution in [1.29, 1.82) is 0 Å². The lowest BCUT2D eigenvalue weighted by Crippen LogP contribution is -2.26. The molecule has 0 radical (unpaired) electrons. The van der Waals surface area contributed by atoms with E-state index in [9.17, 15) is 0 Å². The lowest BCUT2D eigenvalue weighted by Gasteiger charge is -2.28. The van der Waals surface area contributed by atoms with Gasteiger partial charge in [0.25, 0.3) is 0 Å². The quantitative estimate of drug-likeness (QED) is 0.421. The summed E-state index contributed by atoms with van der Waals surface area (Å²) >= 11 is 1.75. The van der Waals surface area contributed by atoms with E-state index >= 15 is 0 Å². The van der Waals surface area contributed by atoms with E-state index in [1.165, 1.54) is 61.1 Å². The van der Waals surface area contributed by atoms with Crippen LogP contribution in [0.4, 0.5) is 0 Å². The molecule has 2 aromatic rings. The average molecular weight is 388 g/mol. The molecule has 0 N–H and O–H groups in total. The molecule has 27 heavy (non-hydrogen) atoms. The first-order valence-corrected chi connectivity index (χ1v) is 11.4. The summed E-state index contributed by atoms with van der Waals surface area (Å²) in [5.74, 6) is 0.546. The summed E-state index contributed by atoms with van der Waals surface area (Å²) in [6, 6.07) is 8.67. The van der Waals surface area contributed by atoms with Gasteiger partial charge in [-0.15, -0.1) is 11.3 Å². The topological polar surface area (TPSA) is 31.4 Å². The SMILES string of the molecule is CCCCCCCc1ccc(-c2ccc(C3OCC(CCC)CO3)s2)cn1. The molecule has 0 atom stereocenters. The summed E-state index contributed by atoms with van der Waals surface area (Å²) in [4.78, 5) is 7.05. The summed E-state index contributed by atoms with van der Waals surface area (Å²) in [7, 11) is 0. The number of nitrogens with zero attached hydrogens (tertiary/aromatic N) is 1. The highest BCUT2D eigenvalue weighted by atomic mass is 32.1. The minimum atomic E-state index is -0.202. The zero-order valence-electron chi connectivity index (χ0n) is 16.8. The molecule has 4 heteroatoms. The van der Waals surface area contributed by atoms with Crippen molar-refractivity contribution in [2.75, 3.05) is 13.2 Å². The van der Waals surface area contributed by atoms with Crippen molar-refractivity contribution in [2.45, 2.75) is 71.5 Å². The largest absolute Gasteiger partial charge is 0.347 e. The van der Waals surface area contributed by atoms with Crippen molar-refractivity contribution in [2.24, 2.45) is 5.92 Å². The number of aromatic nitrogens is 1. The third-order valence-electron chi connectivity index (χ3n) is 5.17. The fraction of sp³-hybridized carbons (Fsp3) is 0.609. The van der Waals surface area contributed by atoms with Gasteiger partial charge < -0.3 is 9.47 Å². The number of hydrogen-bond donors (Lipinski definition) is 0. The zero-order valence-corrected chi connectivity index (χ0v) is 17.6. The Morgan fingerprint density at radius 2 is 1.78 bits per heavy atom. The number of pyridine rings is 1. The fourth-order valence-corrected chi connectivity index (χ4v) is 4.54. The first-order valence-electron chi connectivity index (χ1n) is 10.6. The molecule has 1 aliphatic rings. The molecule has 3 rings (SSSR count). The maximum atomic E-state index is 5.94. The number of rotatable bonds is 10. The van der Waals surface area contributed by atoms with E-state index in [1.54, 1.807) is 11.3 Å². The van der Waals surface area contributed by atoms with Crippen molar-refractivity contribution < 1.29 is 9.47 Å². The predicted octanol–water partition coefficient (Wildman–Crippen LogP) is 6.78. The molecule has 148 valence electrons. The van der Waals surface area contributed by atoms with Gasteiger partial charge >= 0.3 is 0 Å². The van der Waals surface area contributed by atoms with Crippen LogP contribution in [0.1, 0.15) is 75.7 Å². The van der Waals surface area contributed by atoms with Gasteiger partial charge in [-0.3, -0.25) is 4.98 Å². The van der Waals surface area contributed by atoms with Crippen LogP contribution in [0.5, 0.6) is 0 Å². The van der Waals surface area contributed by atoms with Crippen LogP contribution < -0.4 is 0 Å². The minimum absolute atomic E-state index is 0.202. The second-order valence-electron chi connectivity index (χ2n) is 7.56. The lowest BCUT2D eigenvalue weighted by molar-refractivity contribution is -0.204. The summed E-state index contributed by atoms with van der Waals surface area (Å²) < 4.78 is 11.9. The molecule has 1 aliphatic heterocycles. The Labute approximate surface area is 168 Å². The maximum Gasteiger partial charge on any atom is 0.193 e. The number of aryl methyl sites for hydroxylation is 1. The van der Waals surface area contributed by atoms with Crippen molar-refractivity contribution in [1.82, 2.24) is 4.98 Å². The maximum absolute atomic E-state index is 5.94. The van der Waals surface area contributed by atoms with Gasteiger partial charge in [0.05, 0.1) is 18.1 Å². The number of hydrogen-bond acceptors (Lipinski definition) is 4. The van der Waals surface area contributed by atoms with E-state index in [0.29, 0.717) is 5.92 Å². The minimum Gasteiger partial charge on any atom is -0.347 e. The molecule has 2 aromatic heterocycles. The summed E-state index contributed by atoms with van der Waals surface area (Å²) in [6.45, 7) is 6.08. The van der Waals surface area contributed by atoms with E-state index < -0.39 is 0 Å². The van der Waals surface area contributed by atoms with Gasteiger partial charge in [-0.2, -0.15) is 0 Å². The molecule has 0 saturated carbocycles. The summed E-state index contributed by atoms with van der Waals surface area (Å²) in [5, 5.41) is 0. The summed E-state index contributed by atoms with van der Waals surface area (Å²) in [5.41, 5.74) is 2.38. The van der Waals surface area contributed by atoms with E-state index in [1.807, 2.05) is 6.20 Å². The Hall–Kier alpha value is -1.23. The highest BCUT2D eigenvalue weighted by Gasteiger charge is 2.24. The molecule has 0 spiro atoms. The van der Waals surface area contributed by atoms with E-state index in [2.05, 4.69) is 43.1 Å². The van der Waals surface area contributed by atoms with Gasteiger partial charge in [-0.05, 0) is 37.5 Å².